The maximum atomic E-state index is 12.7. The van der Waals surface area contributed by atoms with Crippen molar-refractivity contribution in [1.82, 2.24) is 0 Å². The molecule has 0 saturated heterocycles. The van der Waals surface area contributed by atoms with Crippen LogP contribution in [-0.2, 0) is 6.18 Å². The number of hydrogen-bond donors (Lipinski definition) is 0. The van der Waals surface area contributed by atoms with Crippen molar-refractivity contribution >= 4 is 0 Å². The fraction of sp³-hybridized carbons (Fsp3) is 0.600. The molecule has 2 aliphatic rings. The van der Waals surface area contributed by atoms with Crippen molar-refractivity contribution in [3.05, 3.63) is 60.2 Å². The molecule has 0 aromatic heterocycles. The first-order valence-corrected chi connectivity index (χ1v) is 10.9. The largest absolute Gasteiger partial charge is 0.416 e. The molecule has 28 heavy (non-hydrogen) atoms. The van der Waals surface area contributed by atoms with Crippen LogP contribution < -0.4 is 0 Å². The number of benzene rings is 1. The molecule has 0 heterocycles. The fourth-order valence-electron chi connectivity index (χ4n) is 5.34. The first-order chi connectivity index (χ1) is 13.5. The van der Waals surface area contributed by atoms with Crippen molar-refractivity contribution in [3.63, 3.8) is 0 Å². The second kappa shape index (κ2) is 9.80. The summed E-state index contributed by atoms with van der Waals surface area (Å²) in [4.78, 5) is 0. The van der Waals surface area contributed by atoms with Crippen LogP contribution in [0.4, 0.5) is 13.2 Å². The van der Waals surface area contributed by atoms with Crippen LogP contribution >= 0.6 is 0 Å². The van der Waals surface area contributed by atoms with E-state index in [0.29, 0.717) is 5.92 Å². The molecule has 3 rings (SSSR count). The van der Waals surface area contributed by atoms with Crippen molar-refractivity contribution < 1.29 is 13.2 Å². The zero-order valence-corrected chi connectivity index (χ0v) is 16.8. The Bertz CT molecular complexity index is 625. The Kier molecular flexibility index (Phi) is 7.42. The number of hydrogen-bond acceptors (Lipinski definition) is 0. The monoisotopic (exact) mass is 390 g/mol. The van der Waals surface area contributed by atoms with E-state index in [4.69, 9.17) is 0 Å². The average molecular weight is 391 g/mol. The molecular weight excluding hydrogens is 357 g/mol. The minimum absolute atomic E-state index is 0.437. The predicted octanol–water partition coefficient (Wildman–Crippen LogP) is 8.31. The summed E-state index contributed by atoms with van der Waals surface area (Å²) in [5.41, 5.74) is 0.546. The SMILES string of the molecule is C=C/C=C/CCC1CCC(C2CCC(c3ccc(C(F)(F)F)cc3)CC2)CC1. The molecule has 1 aromatic rings. The highest BCUT2D eigenvalue weighted by Crippen LogP contribution is 2.44. The van der Waals surface area contributed by atoms with Crippen LogP contribution in [0.5, 0.6) is 0 Å². The van der Waals surface area contributed by atoms with Gasteiger partial charge in [-0.2, -0.15) is 13.2 Å². The molecule has 2 saturated carbocycles. The van der Waals surface area contributed by atoms with Crippen molar-refractivity contribution in [2.75, 3.05) is 0 Å². The standard InChI is InChI=1S/C25H33F3/c1-2-3-4-5-6-19-7-9-20(10-8-19)21-11-13-22(14-12-21)23-15-17-24(18-16-23)25(26,27)28/h2-4,15-22H,1,5-14H2/b4-3+. The van der Waals surface area contributed by atoms with Crippen LogP contribution in [0, 0.1) is 17.8 Å². The highest BCUT2D eigenvalue weighted by molar-refractivity contribution is 5.27. The summed E-state index contributed by atoms with van der Waals surface area (Å²) in [5.74, 6) is 3.02. The molecule has 2 aliphatic carbocycles. The van der Waals surface area contributed by atoms with Gasteiger partial charge in [0, 0.05) is 0 Å². The highest BCUT2D eigenvalue weighted by Gasteiger charge is 2.32. The van der Waals surface area contributed by atoms with Crippen LogP contribution in [0.3, 0.4) is 0 Å². The molecule has 1 aromatic carbocycles. The predicted molar refractivity (Wildman–Crippen MR) is 110 cm³/mol. The highest BCUT2D eigenvalue weighted by atomic mass is 19.4. The normalized spacial score (nSPS) is 29.1. The lowest BCUT2D eigenvalue weighted by Gasteiger charge is -2.38. The minimum atomic E-state index is -4.24. The minimum Gasteiger partial charge on any atom is -0.166 e. The van der Waals surface area contributed by atoms with Crippen molar-refractivity contribution in [1.29, 1.82) is 0 Å². The third-order valence-electron chi connectivity index (χ3n) is 7.05. The summed E-state index contributed by atoms with van der Waals surface area (Å²) in [5, 5.41) is 0. The number of alkyl halides is 3. The van der Waals surface area contributed by atoms with E-state index in [2.05, 4.69) is 12.7 Å². The zero-order valence-electron chi connectivity index (χ0n) is 16.8. The van der Waals surface area contributed by atoms with Gasteiger partial charge in [-0.25, -0.2) is 0 Å². The molecule has 0 N–H and O–H groups in total. The van der Waals surface area contributed by atoms with Gasteiger partial charge in [-0.3, -0.25) is 0 Å². The average Bonchev–Trinajstić information content (AvgIpc) is 2.71. The quantitative estimate of drug-likeness (QED) is 0.428. The van der Waals surface area contributed by atoms with Gasteiger partial charge in [0.05, 0.1) is 5.56 Å². The third-order valence-corrected chi connectivity index (χ3v) is 7.05. The van der Waals surface area contributed by atoms with Crippen LogP contribution in [0.15, 0.2) is 49.1 Å². The van der Waals surface area contributed by atoms with E-state index in [1.807, 2.05) is 12.2 Å². The molecule has 154 valence electrons. The Hall–Kier alpha value is -1.51. The third kappa shape index (κ3) is 5.75. The van der Waals surface area contributed by atoms with Gasteiger partial charge in [-0.15, -0.1) is 0 Å². The van der Waals surface area contributed by atoms with Gasteiger partial charge < -0.3 is 0 Å². The zero-order chi connectivity index (χ0) is 20.0. The van der Waals surface area contributed by atoms with Gasteiger partial charge in [0.15, 0.2) is 0 Å². The van der Waals surface area contributed by atoms with Gasteiger partial charge >= 0.3 is 6.18 Å². The van der Waals surface area contributed by atoms with Gasteiger partial charge in [0.25, 0.3) is 0 Å². The Labute approximate surface area is 167 Å². The maximum Gasteiger partial charge on any atom is 0.416 e. The smallest absolute Gasteiger partial charge is 0.166 e. The Morgan fingerprint density at radius 2 is 1.43 bits per heavy atom. The van der Waals surface area contributed by atoms with E-state index in [0.717, 1.165) is 36.2 Å². The molecule has 0 unspecified atom stereocenters. The second-order valence-corrected chi connectivity index (χ2v) is 8.75. The Morgan fingerprint density at radius 3 is 1.96 bits per heavy atom. The lowest BCUT2D eigenvalue weighted by atomic mass is 9.68. The summed E-state index contributed by atoms with van der Waals surface area (Å²) in [6.07, 6.45) is 14.5. The first kappa shape index (κ1) is 21.2. The maximum absolute atomic E-state index is 12.7. The van der Waals surface area contributed by atoms with E-state index in [9.17, 15) is 13.2 Å². The molecule has 0 spiro atoms. The summed E-state index contributed by atoms with van der Waals surface area (Å²) in [7, 11) is 0. The van der Waals surface area contributed by atoms with Crippen molar-refractivity contribution in [2.24, 2.45) is 17.8 Å². The Balaban J connectivity index is 1.42. The molecule has 0 amide bonds. The lowest BCUT2D eigenvalue weighted by molar-refractivity contribution is -0.137. The summed E-state index contributed by atoms with van der Waals surface area (Å²) in [6, 6.07) is 5.87. The number of halogens is 3. The van der Waals surface area contributed by atoms with Crippen molar-refractivity contribution in [2.45, 2.75) is 76.3 Å². The second-order valence-electron chi connectivity index (χ2n) is 8.75. The van der Waals surface area contributed by atoms with E-state index in [-0.39, 0.29) is 0 Å². The first-order valence-electron chi connectivity index (χ1n) is 10.9. The molecule has 3 heteroatoms. The van der Waals surface area contributed by atoms with Crippen LogP contribution in [0.25, 0.3) is 0 Å². The van der Waals surface area contributed by atoms with E-state index in [1.54, 1.807) is 12.1 Å². The van der Waals surface area contributed by atoms with Gasteiger partial charge in [0.1, 0.15) is 0 Å². The molecule has 0 aliphatic heterocycles. The Morgan fingerprint density at radius 1 is 0.857 bits per heavy atom. The lowest BCUT2D eigenvalue weighted by Crippen LogP contribution is -2.25. The van der Waals surface area contributed by atoms with Crippen LogP contribution in [0.2, 0.25) is 0 Å². The molecule has 2 fully saturated rings. The molecular formula is C25H33F3. The van der Waals surface area contributed by atoms with Gasteiger partial charge in [-0.1, -0.05) is 49.8 Å². The van der Waals surface area contributed by atoms with Gasteiger partial charge in [0.2, 0.25) is 0 Å². The van der Waals surface area contributed by atoms with Crippen molar-refractivity contribution in [3.8, 4) is 0 Å². The number of allylic oxidation sites excluding steroid dienone is 3. The van der Waals surface area contributed by atoms with Crippen LogP contribution in [-0.4, -0.2) is 0 Å². The van der Waals surface area contributed by atoms with Gasteiger partial charge in [-0.05, 0) is 92.7 Å². The molecule has 0 radical (unpaired) electrons. The van der Waals surface area contributed by atoms with Crippen LogP contribution in [0.1, 0.15) is 81.3 Å². The fourth-order valence-corrected chi connectivity index (χ4v) is 5.34. The van der Waals surface area contributed by atoms with E-state index >= 15 is 0 Å². The summed E-state index contributed by atoms with van der Waals surface area (Å²) < 4.78 is 38.2. The topological polar surface area (TPSA) is 0 Å². The van der Waals surface area contributed by atoms with E-state index < -0.39 is 11.7 Å². The molecule has 0 atom stereocenters. The molecule has 0 nitrogen and oxygen atoms in total. The number of rotatable bonds is 6. The summed E-state index contributed by atoms with van der Waals surface area (Å²) in [6.45, 7) is 3.71. The summed E-state index contributed by atoms with van der Waals surface area (Å²) >= 11 is 0. The molecule has 0 bridgehead atoms. The van der Waals surface area contributed by atoms with E-state index in [1.165, 1.54) is 63.5 Å².